The Morgan fingerprint density at radius 2 is 1.78 bits per heavy atom. The second-order valence-corrected chi connectivity index (χ2v) is 5.69. The SMILES string of the molecule is CN(N)C(=O)CC(N)c1ccc(C(C)(C)C)cc1. The number of hydrogen-bond donors (Lipinski definition) is 2. The quantitative estimate of drug-likeness (QED) is 0.486. The molecule has 0 aliphatic carbocycles. The first-order valence-electron chi connectivity index (χ1n) is 6.09. The van der Waals surface area contributed by atoms with E-state index < -0.39 is 0 Å². The zero-order chi connectivity index (χ0) is 13.9. The first-order chi connectivity index (χ1) is 8.21. The van der Waals surface area contributed by atoms with E-state index in [2.05, 4.69) is 32.9 Å². The first-order valence-corrected chi connectivity index (χ1v) is 6.09. The molecule has 4 heteroatoms. The van der Waals surface area contributed by atoms with Crippen LogP contribution in [0.4, 0.5) is 0 Å². The van der Waals surface area contributed by atoms with Gasteiger partial charge in [0, 0.05) is 19.5 Å². The molecule has 0 saturated heterocycles. The predicted molar refractivity (Wildman–Crippen MR) is 73.6 cm³/mol. The summed E-state index contributed by atoms with van der Waals surface area (Å²) in [4.78, 5) is 11.5. The van der Waals surface area contributed by atoms with Crippen molar-refractivity contribution in [2.45, 2.75) is 38.6 Å². The third kappa shape index (κ3) is 3.82. The highest BCUT2D eigenvalue weighted by atomic mass is 16.2. The maximum atomic E-state index is 11.5. The van der Waals surface area contributed by atoms with Crippen LogP contribution in [0.3, 0.4) is 0 Å². The van der Waals surface area contributed by atoms with Crippen molar-refractivity contribution in [2.75, 3.05) is 7.05 Å². The van der Waals surface area contributed by atoms with Gasteiger partial charge in [-0.05, 0) is 16.5 Å². The van der Waals surface area contributed by atoms with Gasteiger partial charge in [-0.1, -0.05) is 45.0 Å². The largest absolute Gasteiger partial charge is 0.324 e. The molecule has 0 aliphatic rings. The summed E-state index contributed by atoms with van der Waals surface area (Å²) in [6.45, 7) is 6.48. The minimum atomic E-state index is -0.308. The minimum Gasteiger partial charge on any atom is -0.324 e. The lowest BCUT2D eigenvalue weighted by atomic mass is 9.86. The molecule has 0 fully saturated rings. The topological polar surface area (TPSA) is 72.3 Å². The van der Waals surface area contributed by atoms with Gasteiger partial charge in [-0.15, -0.1) is 0 Å². The molecule has 0 aromatic heterocycles. The Kier molecular flexibility index (Phi) is 4.48. The molecule has 0 spiro atoms. The number of rotatable bonds is 3. The molecule has 100 valence electrons. The molecule has 1 unspecified atom stereocenters. The minimum absolute atomic E-state index is 0.121. The van der Waals surface area contributed by atoms with Crippen LogP contribution in [0.1, 0.15) is 44.4 Å². The van der Waals surface area contributed by atoms with Crippen molar-refractivity contribution in [3.05, 3.63) is 35.4 Å². The van der Waals surface area contributed by atoms with Crippen LogP contribution in [0.2, 0.25) is 0 Å². The van der Waals surface area contributed by atoms with Crippen LogP contribution < -0.4 is 11.6 Å². The van der Waals surface area contributed by atoms with E-state index in [1.807, 2.05) is 12.1 Å². The summed E-state index contributed by atoms with van der Waals surface area (Å²) in [5, 5.41) is 1.07. The van der Waals surface area contributed by atoms with Crippen molar-refractivity contribution >= 4 is 5.91 Å². The molecule has 0 saturated carbocycles. The number of nitrogens with two attached hydrogens (primary N) is 2. The Bertz CT molecular complexity index is 404. The molecule has 1 aromatic carbocycles. The average molecular weight is 249 g/mol. The molecule has 0 aliphatic heterocycles. The summed E-state index contributed by atoms with van der Waals surface area (Å²) in [7, 11) is 1.53. The van der Waals surface area contributed by atoms with Crippen molar-refractivity contribution in [3.8, 4) is 0 Å². The molecule has 18 heavy (non-hydrogen) atoms. The summed E-state index contributed by atoms with van der Waals surface area (Å²) < 4.78 is 0. The summed E-state index contributed by atoms with van der Waals surface area (Å²) in [6, 6.07) is 7.78. The fourth-order valence-electron chi connectivity index (χ4n) is 1.68. The van der Waals surface area contributed by atoms with Gasteiger partial charge in [0.25, 0.3) is 0 Å². The zero-order valence-electron chi connectivity index (χ0n) is 11.6. The van der Waals surface area contributed by atoms with Crippen molar-refractivity contribution < 1.29 is 4.79 Å². The van der Waals surface area contributed by atoms with Gasteiger partial charge < -0.3 is 5.73 Å². The van der Waals surface area contributed by atoms with Crippen LogP contribution in [-0.2, 0) is 10.2 Å². The maximum Gasteiger partial charge on any atom is 0.238 e. The number of hydrazine groups is 1. The van der Waals surface area contributed by atoms with E-state index in [0.717, 1.165) is 10.6 Å². The van der Waals surface area contributed by atoms with Gasteiger partial charge in [0.2, 0.25) is 5.91 Å². The van der Waals surface area contributed by atoms with Crippen LogP contribution >= 0.6 is 0 Å². The smallest absolute Gasteiger partial charge is 0.238 e. The molecule has 1 aromatic rings. The normalized spacial score (nSPS) is 13.2. The highest BCUT2D eigenvalue weighted by Crippen LogP contribution is 2.24. The Balaban J connectivity index is 2.76. The molecule has 0 radical (unpaired) electrons. The average Bonchev–Trinajstić information content (AvgIpc) is 2.27. The van der Waals surface area contributed by atoms with E-state index in [0.29, 0.717) is 0 Å². The Hall–Kier alpha value is -1.39. The zero-order valence-corrected chi connectivity index (χ0v) is 11.6. The molecule has 0 heterocycles. The lowest BCUT2D eigenvalue weighted by Crippen LogP contribution is -2.35. The first kappa shape index (κ1) is 14.7. The summed E-state index contributed by atoms with van der Waals surface area (Å²) >= 11 is 0. The van der Waals surface area contributed by atoms with Crippen LogP contribution in [0.15, 0.2) is 24.3 Å². The number of hydrogen-bond acceptors (Lipinski definition) is 3. The number of carbonyl (C=O) groups excluding carboxylic acids is 1. The number of amides is 1. The van der Waals surface area contributed by atoms with E-state index in [4.69, 9.17) is 11.6 Å². The highest BCUT2D eigenvalue weighted by molar-refractivity contribution is 5.76. The fourth-order valence-corrected chi connectivity index (χ4v) is 1.68. The van der Waals surface area contributed by atoms with E-state index in [1.54, 1.807) is 0 Å². The van der Waals surface area contributed by atoms with Gasteiger partial charge in [-0.25, -0.2) is 5.84 Å². The Morgan fingerprint density at radius 1 is 1.28 bits per heavy atom. The summed E-state index contributed by atoms with van der Waals surface area (Å²) in [5.41, 5.74) is 8.32. The molecule has 0 bridgehead atoms. The maximum absolute atomic E-state index is 11.5. The van der Waals surface area contributed by atoms with Crippen molar-refractivity contribution in [1.29, 1.82) is 0 Å². The Morgan fingerprint density at radius 3 is 2.17 bits per heavy atom. The van der Waals surface area contributed by atoms with Crippen LogP contribution in [-0.4, -0.2) is 18.0 Å². The van der Waals surface area contributed by atoms with Crippen LogP contribution in [0.5, 0.6) is 0 Å². The van der Waals surface area contributed by atoms with Crippen molar-refractivity contribution in [2.24, 2.45) is 11.6 Å². The second-order valence-electron chi connectivity index (χ2n) is 5.69. The Labute approximate surface area is 109 Å². The van der Waals surface area contributed by atoms with Gasteiger partial charge in [0.05, 0.1) is 0 Å². The molecular formula is C14H23N3O. The molecule has 4 N–H and O–H groups in total. The second kappa shape index (κ2) is 5.50. The van der Waals surface area contributed by atoms with Gasteiger partial charge >= 0.3 is 0 Å². The van der Waals surface area contributed by atoms with E-state index in [9.17, 15) is 4.79 Å². The van der Waals surface area contributed by atoms with Gasteiger partial charge in [-0.2, -0.15) is 0 Å². The van der Waals surface area contributed by atoms with Crippen molar-refractivity contribution in [3.63, 3.8) is 0 Å². The highest BCUT2D eigenvalue weighted by Gasteiger charge is 2.16. The standard InChI is InChI=1S/C14H23N3O/c1-14(2,3)11-7-5-10(6-8-11)12(15)9-13(18)17(4)16/h5-8,12H,9,15-16H2,1-4H3. The van der Waals surface area contributed by atoms with E-state index in [1.165, 1.54) is 12.6 Å². The lowest BCUT2D eigenvalue weighted by molar-refractivity contribution is -0.130. The molecule has 1 rings (SSSR count). The predicted octanol–water partition coefficient (Wildman–Crippen LogP) is 1.71. The molecule has 4 nitrogen and oxygen atoms in total. The molecular weight excluding hydrogens is 226 g/mol. The summed E-state index contributed by atoms with van der Waals surface area (Å²) in [5.74, 6) is 5.21. The lowest BCUT2D eigenvalue weighted by Gasteiger charge is -2.20. The van der Waals surface area contributed by atoms with Crippen LogP contribution in [0, 0.1) is 0 Å². The number of benzene rings is 1. The fraction of sp³-hybridized carbons (Fsp3) is 0.500. The third-order valence-electron chi connectivity index (χ3n) is 2.99. The van der Waals surface area contributed by atoms with E-state index in [-0.39, 0.29) is 23.8 Å². The van der Waals surface area contributed by atoms with Gasteiger partial charge in [0.15, 0.2) is 0 Å². The van der Waals surface area contributed by atoms with Gasteiger partial charge in [-0.3, -0.25) is 9.80 Å². The van der Waals surface area contributed by atoms with E-state index >= 15 is 0 Å². The number of carbonyl (C=O) groups is 1. The van der Waals surface area contributed by atoms with Crippen LogP contribution in [0.25, 0.3) is 0 Å². The molecule has 1 amide bonds. The molecule has 1 atom stereocenters. The van der Waals surface area contributed by atoms with Crippen molar-refractivity contribution in [1.82, 2.24) is 5.01 Å². The summed E-state index contributed by atoms with van der Waals surface area (Å²) in [6.07, 6.45) is 0.224. The monoisotopic (exact) mass is 249 g/mol. The third-order valence-corrected chi connectivity index (χ3v) is 2.99. The van der Waals surface area contributed by atoms with Gasteiger partial charge in [0.1, 0.15) is 0 Å². The number of nitrogens with zero attached hydrogens (tertiary/aromatic N) is 1.